The first-order valence-corrected chi connectivity index (χ1v) is 14.2. The molecule has 0 saturated carbocycles. The van der Waals surface area contributed by atoms with Crippen LogP contribution in [0.15, 0.2) is 42.5 Å². The highest BCUT2D eigenvalue weighted by molar-refractivity contribution is 6.01. The lowest BCUT2D eigenvalue weighted by molar-refractivity contribution is -0.167. The van der Waals surface area contributed by atoms with Crippen molar-refractivity contribution >= 4 is 22.7 Å². The van der Waals surface area contributed by atoms with E-state index >= 15 is 0 Å². The molecule has 2 fully saturated rings. The predicted octanol–water partition coefficient (Wildman–Crippen LogP) is 4.57. The number of aromatic amines is 1. The quantitative estimate of drug-likeness (QED) is 0.461. The van der Waals surface area contributed by atoms with Crippen LogP contribution in [0.2, 0.25) is 0 Å². The molecule has 0 radical (unpaired) electrons. The summed E-state index contributed by atoms with van der Waals surface area (Å²) in [6.45, 7) is 8.70. The summed E-state index contributed by atoms with van der Waals surface area (Å²) in [5.74, 6) is 1.18. The van der Waals surface area contributed by atoms with E-state index in [1.807, 2.05) is 44.2 Å². The Hall–Kier alpha value is -3.52. The summed E-state index contributed by atoms with van der Waals surface area (Å²) in [5, 5.41) is 1.07. The molecule has 0 bridgehead atoms. The second-order valence-electron chi connectivity index (χ2n) is 10.9. The van der Waals surface area contributed by atoms with E-state index < -0.39 is 5.54 Å². The first-order valence-electron chi connectivity index (χ1n) is 14.2. The molecular formula is C31H37N3O5. The maximum absolute atomic E-state index is 14.2. The van der Waals surface area contributed by atoms with E-state index in [1.165, 1.54) is 0 Å². The third-order valence-corrected chi connectivity index (χ3v) is 8.40. The molecule has 1 N–H and O–H groups in total. The molecule has 8 heteroatoms. The molecule has 0 aliphatic carbocycles. The van der Waals surface area contributed by atoms with Gasteiger partial charge in [-0.2, -0.15) is 0 Å². The van der Waals surface area contributed by atoms with Crippen LogP contribution in [0.25, 0.3) is 10.9 Å². The summed E-state index contributed by atoms with van der Waals surface area (Å²) in [7, 11) is 0. The third kappa shape index (κ3) is 4.25. The number of aromatic nitrogens is 1. The number of nitrogens with one attached hydrogen (secondary N) is 1. The van der Waals surface area contributed by atoms with Gasteiger partial charge in [0.2, 0.25) is 5.91 Å². The van der Waals surface area contributed by atoms with E-state index in [1.54, 1.807) is 9.80 Å². The van der Waals surface area contributed by atoms with Crippen LogP contribution >= 0.6 is 0 Å². The smallest absolute Gasteiger partial charge is 0.255 e. The van der Waals surface area contributed by atoms with Crippen molar-refractivity contribution in [1.29, 1.82) is 0 Å². The van der Waals surface area contributed by atoms with E-state index in [0.29, 0.717) is 38.7 Å². The zero-order chi connectivity index (χ0) is 27.1. The number of nitrogens with zero attached hydrogens (tertiary/aromatic N) is 2. The summed E-state index contributed by atoms with van der Waals surface area (Å²) in [6, 6.07) is 14.2. The molecule has 6 rings (SSSR count). The number of rotatable bonds is 8. The van der Waals surface area contributed by atoms with Crippen LogP contribution in [-0.2, 0) is 19.9 Å². The molecule has 2 amide bonds. The molecule has 206 valence electrons. The van der Waals surface area contributed by atoms with Gasteiger partial charge in [0, 0.05) is 36.5 Å². The average molecular weight is 532 g/mol. The van der Waals surface area contributed by atoms with Gasteiger partial charge in [-0.15, -0.1) is 0 Å². The fourth-order valence-electron chi connectivity index (χ4n) is 6.50. The van der Waals surface area contributed by atoms with Crippen molar-refractivity contribution in [3.8, 4) is 11.5 Å². The number of hydrogen-bond acceptors (Lipinski definition) is 5. The average Bonchev–Trinajstić information content (AvgIpc) is 3.60. The van der Waals surface area contributed by atoms with Crippen LogP contribution < -0.4 is 9.47 Å². The minimum atomic E-state index is -1.12. The van der Waals surface area contributed by atoms with Gasteiger partial charge in [0.05, 0.1) is 31.6 Å². The van der Waals surface area contributed by atoms with Gasteiger partial charge in [0.15, 0.2) is 17.0 Å². The van der Waals surface area contributed by atoms with Crippen molar-refractivity contribution in [1.82, 2.24) is 14.8 Å². The summed E-state index contributed by atoms with van der Waals surface area (Å²) >= 11 is 0. The molecule has 2 saturated heterocycles. The summed E-state index contributed by atoms with van der Waals surface area (Å²) in [6.07, 6.45) is 2.80. The van der Waals surface area contributed by atoms with E-state index in [2.05, 4.69) is 24.0 Å². The van der Waals surface area contributed by atoms with Crippen LogP contribution in [0.5, 0.6) is 11.5 Å². The summed E-state index contributed by atoms with van der Waals surface area (Å²) in [4.78, 5) is 35.0. The molecule has 39 heavy (non-hydrogen) atoms. The molecule has 3 aliphatic rings. The Morgan fingerprint density at radius 2 is 1.95 bits per heavy atom. The van der Waals surface area contributed by atoms with Crippen molar-refractivity contribution in [2.24, 2.45) is 0 Å². The van der Waals surface area contributed by atoms with Crippen molar-refractivity contribution < 1.29 is 23.8 Å². The largest absolute Gasteiger partial charge is 0.490 e. The molecule has 8 nitrogen and oxygen atoms in total. The van der Waals surface area contributed by atoms with Crippen LogP contribution in [-0.4, -0.2) is 72.2 Å². The number of piperazine rings is 1. The Labute approximate surface area is 229 Å². The Bertz CT molecular complexity index is 1390. The molecule has 3 aliphatic heterocycles. The lowest BCUT2D eigenvalue weighted by Gasteiger charge is -2.51. The SMILES string of the molecule is CCCOc1ccc([C@@H]2CN3C(=O)CN(C[C@@H]4CCCO4)C(=O)[C@]3(C)c3[nH]c4ccccc4c32)cc1OCC. The van der Waals surface area contributed by atoms with Crippen LogP contribution in [0.4, 0.5) is 0 Å². The third-order valence-electron chi connectivity index (χ3n) is 8.40. The number of benzene rings is 2. The Kier molecular flexibility index (Phi) is 6.75. The van der Waals surface area contributed by atoms with Gasteiger partial charge < -0.3 is 29.0 Å². The lowest BCUT2D eigenvalue weighted by atomic mass is 9.76. The van der Waals surface area contributed by atoms with Gasteiger partial charge in [-0.3, -0.25) is 9.59 Å². The van der Waals surface area contributed by atoms with E-state index in [0.717, 1.165) is 52.7 Å². The van der Waals surface area contributed by atoms with Gasteiger partial charge in [-0.05, 0) is 62.4 Å². The highest BCUT2D eigenvalue weighted by Gasteiger charge is 2.56. The molecule has 2 aromatic carbocycles. The van der Waals surface area contributed by atoms with Crippen molar-refractivity contribution in [3.63, 3.8) is 0 Å². The molecule has 4 heterocycles. The molecular weight excluding hydrogens is 494 g/mol. The molecule has 3 atom stereocenters. The van der Waals surface area contributed by atoms with Gasteiger partial charge in [0.1, 0.15) is 0 Å². The van der Waals surface area contributed by atoms with E-state index in [9.17, 15) is 9.59 Å². The van der Waals surface area contributed by atoms with Crippen LogP contribution in [0.3, 0.4) is 0 Å². The first kappa shape index (κ1) is 25.7. The van der Waals surface area contributed by atoms with Crippen molar-refractivity contribution in [3.05, 3.63) is 59.3 Å². The summed E-state index contributed by atoms with van der Waals surface area (Å²) < 4.78 is 17.7. The number of H-pyrrole nitrogens is 1. The van der Waals surface area contributed by atoms with Crippen LogP contribution in [0.1, 0.15) is 62.8 Å². The van der Waals surface area contributed by atoms with Crippen molar-refractivity contribution in [2.45, 2.75) is 57.6 Å². The zero-order valence-electron chi connectivity index (χ0n) is 23.0. The van der Waals surface area contributed by atoms with Crippen molar-refractivity contribution in [2.75, 3.05) is 39.5 Å². The number of fused-ring (bicyclic) bond motifs is 5. The highest BCUT2D eigenvalue weighted by atomic mass is 16.5. The predicted molar refractivity (Wildman–Crippen MR) is 148 cm³/mol. The van der Waals surface area contributed by atoms with Gasteiger partial charge >= 0.3 is 0 Å². The van der Waals surface area contributed by atoms with E-state index in [4.69, 9.17) is 14.2 Å². The van der Waals surface area contributed by atoms with E-state index in [-0.39, 0.29) is 30.4 Å². The normalized spacial score (nSPS) is 24.7. The number of para-hydroxylation sites is 1. The second-order valence-corrected chi connectivity index (χ2v) is 10.9. The van der Waals surface area contributed by atoms with Gasteiger partial charge in [-0.25, -0.2) is 0 Å². The van der Waals surface area contributed by atoms with Gasteiger partial charge in [-0.1, -0.05) is 31.2 Å². The van der Waals surface area contributed by atoms with Crippen LogP contribution in [0, 0.1) is 0 Å². The molecule has 0 spiro atoms. The Morgan fingerprint density at radius 3 is 2.72 bits per heavy atom. The lowest BCUT2D eigenvalue weighted by Crippen LogP contribution is -2.68. The topological polar surface area (TPSA) is 84.1 Å². The number of carbonyl (C=O) groups is 2. The highest BCUT2D eigenvalue weighted by Crippen LogP contribution is 2.49. The Balaban J connectivity index is 1.46. The summed E-state index contributed by atoms with van der Waals surface area (Å²) in [5.41, 5.74) is 2.72. The number of ether oxygens (including phenoxy) is 3. The number of hydrogen-bond donors (Lipinski definition) is 1. The zero-order valence-corrected chi connectivity index (χ0v) is 23.0. The van der Waals surface area contributed by atoms with Gasteiger partial charge in [0.25, 0.3) is 5.91 Å². The number of carbonyl (C=O) groups excluding carboxylic acids is 2. The monoisotopic (exact) mass is 531 g/mol. The minimum absolute atomic E-state index is 0.0131. The minimum Gasteiger partial charge on any atom is -0.490 e. The maximum atomic E-state index is 14.2. The fourth-order valence-corrected chi connectivity index (χ4v) is 6.50. The maximum Gasteiger partial charge on any atom is 0.255 e. The Morgan fingerprint density at radius 1 is 1.10 bits per heavy atom. The second kappa shape index (κ2) is 10.2. The first-order chi connectivity index (χ1) is 19.0. The molecule has 0 unspecified atom stereocenters. The number of amides is 2. The standard InChI is InChI=1S/C31H37N3O5/c1-4-14-39-25-13-12-20(16-26(25)37-5-2)23-18-34-27(35)19-33(17-21-9-8-15-38-21)30(36)31(34,3)29-28(23)22-10-6-7-11-24(22)32-29/h6-7,10-13,16,21,23,32H,4-5,8-9,14-15,17-19H2,1-3H3/t21-,23-,31-/m0/s1. The molecule has 3 aromatic rings. The fraction of sp³-hybridized carbons (Fsp3) is 0.484. The molecule has 1 aromatic heterocycles.